The number of phenols is 1. The van der Waals surface area contributed by atoms with Crippen molar-refractivity contribution >= 4 is 39.4 Å². The van der Waals surface area contributed by atoms with E-state index in [0.29, 0.717) is 10.4 Å². The van der Waals surface area contributed by atoms with Crippen LogP contribution in [-0.2, 0) is 0 Å². The Kier molecular flexibility index (Phi) is 6.23. The molecule has 2 N–H and O–H groups in total. The zero-order chi connectivity index (χ0) is 22.7. The van der Waals surface area contributed by atoms with Crippen LogP contribution >= 0.6 is 11.3 Å². The van der Waals surface area contributed by atoms with Gasteiger partial charge in [-0.2, -0.15) is 10.2 Å². The molecule has 0 saturated carbocycles. The zero-order valence-corrected chi connectivity index (χ0v) is 19.1. The number of nitrogens with zero attached hydrogens (tertiary/aromatic N) is 4. The Morgan fingerprint density at radius 3 is 2.62 bits per heavy atom. The lowest BCUT2D eigenvalue weighted by Crippen LogP contribution is -2.21. The molecule has 0 atom stereocenters. The fourth-order valence-electron chi connectivity index (χ4n) is 3.55. The normalized spacial score (nSPS) is 11.3. The quantitative estimate of drug-likeness (QED) is 0.317. The van der Waals surface area contributed by atoms with Crippen molar-refractivity contribution in [2.24, 2.45) is 5.10 Å². The second kappa shape index (κ2) is 9.23. The van der Waals surface area contributed by atoms with Gasteiger partial charge in [0, 0.05) is 35.8 Å². The second-order valence-electron chi connectivity index (χ2n) is 7.28. The third-order valence-electron chi connectivity index (χ3n) is 5.28. The molecule has 0 unspecified atom stereocenters. The predicted octanol–water partition coefficient (Wildman–Crippen LogP) is 4.71. The molecule has 2 heterocycles. The van der Waals surface area contributed by atoms with E-state index in [-0.39, 0.29) is 11.7 Å². The summed E-state index contributed by atoms with van der Waals surface area (Å²) in [5.74, 6) is -0.187. The third-order valence-corrected chi connectivity index (χ3v) is 6.39. The van der Waals surface area contributed by atoms with E-state index in [1.54, 1.807) is 12.1 Å². The van der Waals surface area contributed by atoms with Crippen LogP contribution in [0.2, 0.25) is 0 Å². The lowest BCUT2D eigenvalue weighted by Gasteiger charge is -2.21. The van der Waals surface area contributed by atoms with E-state index >= 15 is 0 Å². The lowest BCUT2D eigenvalue weighted by atomic mass is 10.2. The van der Waals surface area contributed by atoms with Gasteiger partial charge in [-0.25, -0.2) is 10.1 Å². The van der Waals surface area contributed by atoms with Crippen LogP contribution in [0.3, 0.4) is 0 Å². The van der Waals surface area contributed by atoms with Crippen molar-refractivity contribution in [2.45, 2.75) is 20.8 Å². The second-order valence-corrected chi connectivity index (χ2v) is 8.31. The van der Waals surface area contributed by atoms with Gasteiger partial charge in [-0.05, 0) is 51.1 Å². The van der Waals surface area contributed by atoms with Crippen molar-refractivity contribution in [3.8, 4) is 11.4 Å². The van der Waals surface area contributed by atoms with Gasteiger partial charge in [0.15, 0.2) is 0 Å². The van der Waals surface area contributed by atoms with Gasteiger partial charge in [0.1, 0.15) is 10.6 Å². The maximum absolute atomic E-state index is 12.7. The molecule has 4 rings (SSSR count). The fraction of sp³-hybridized carbons (Fsp3) is 0.208. The first-order chi connectivity index (χ1) is 15.5. The molecular formula is C24H25N5O2S. The summed E-state index contributed by atoms with van der Waals surface area (Å²) in [6, 6.07) is 17.1. The van der Waals surface area contributed by atoms with E-state index in [2.05, 4.69) is 34.4 Å². The molecule has 32 heavy (non-hydrogen) atoms. The van der Waals surface area contributed by atoms with Gasteiger partial charge < -0.3 is 10.0 Å². The summed E-state index contributed by atoms with van der Waals surface area (Å²) < 4.78 is 1.85. The molecule has 0 aliphatic rings. The molecule has 0 fully saturated rings. The Hall–Kier alpha value is -3.65. The Morgan fingerprint density at radius 1 is 1.19 bits per heavy atom. The SMILES string of the molecule is CCN(CC)c1ccc(C=NNC(=O)c2cc3c(C)nn(-c4ccccc4)c3s2)c(O)c1. The standard InChI is InChI=1S/C24H25N5O2S/c1-4-28(5-2)19-12-11-17(21(30)13-19)15-25-26-23(31)22-14-20-16(3)27-29(24(20)32-22)18-9-7-6-8-10-18/h6-15,30H,4-5H2,1-3H3,(H,26,31). The number of nitrogens with one attached hydrogen (secondary N) is 1. The molecule has 0 aliphatic carbocycles. The van der Waals surface area contributed by atoms with Crippen LogP contribution in [0.25, 0.3) is 15.9 Å². The summed E-state index contributed by atoms with van der Waals surface area (Å²) in [6.45, 7) is 7.78. The molecule has 4 aromatic rings. The van der Waals surface area contributed by atoms with Crippen LogP contribution < -0.4 is 10.3 Å². The third kappa shape index (κ3) is 4.22. The summed E-state index contributed by atoms with van der Waals surface area (Å²) in [5.41, 5.74) is 5.84. The molecule has 7 nitrogen and oxygen atoms in total. The Morgan fingerprint density at radius 2 is 1.94 bits per heavy atom. The van der Waals surface area contributed by atoms with Gasteiger partial charge in [0.25, 0.3) is 5.91 Å². The summed E-state index contributed by atoms with van der Waals surface area (Å²) in [4.78, 5) is 16.3. The number of hydrogen-bond donors (Lipinski definition) is 2. The number of aromatic nitrogens is 2. The van der Waals surface area contributed by atoms with E-state index in [9.17, 15) is 9.90 Å². The topological polar surface area (TPSA) is 82.8 Å². The van der Waals surface area contributed by atoms with E-state index in [4.69, 9.17) is 0 Å². The number of para-hydroxylation sites is 1. The molecule has 2 aromatic heterocycles. The van der Waals surface area contributed by atoms with Crippen molar-refractivity contribution in [2.75, 3.05) is 18.0 Å². The highest BCUT2D eigenvalue weighted by atomic mass is 32.1. The molecule has 2 aromatic carbocycles. The van der Waals surface area contributed by atoms with Gasteiger partial charge in [-0.1, -0.05) is 18.2 Å². The molecule has 1 amide bonds. The number of amides is 1. The number of carbonyl (C=O) groups excluding carboxylic acids is 1. The average Bonchev–Trinajstić information content (AvgIpc) is 3.37. The van der Waals surface area contributed by atoms with Gasteiger partial charge in [0.05, 0.1) is 22.5 Å². The van der Waals surface area contributed by atoms with Crippen LogP contribution in [-0.4, -0.2) is 40.1 Å². The maximum atomic E-state index is 12.7. The number of aryl methyl sites for hydroxylation is 1. The largest absolute Gasteiger partial charge is 0.507 e. The van der Waals surface area contributed by atoms with Crippen molar-refractivity contribution < 1.29 is 9.90 Å². The van der Waals surface area contributed by atoms with Crippen LogP contribution in [0.4, 0.5) is 5.69 Å². The van der Waals surface area contributed by atoms with Crippen LogP contribution in [0.15, 0.2) is 59.7 Å². The number of benzene rings is 2. The smallest absolute Gasteiger partial charge is 0.281 e. The van der Waals surface area contributed by atoms with Crippen molar-refractivity contribution in [3.63, 3.8) is 0 Å². The molecule has 0 saturated heterocycles. The Bertz CT molecular complexity index is 1270. The highest BCUT2D eigenvalue weighted by Crippen LogP contribution is 2.30. The van der Waals surface area contributed by atoms with E-state index in [0.717, 1.165) is 40.4 Å². The number of thiophene rings is 1. The van der Waals surface area contributed by atoms with E-state index in [1.807, 2.05) is 54.1 Å². The molecule has 0 aliphatic heterocycles. The summed E-state index contributed by atoms with van der Waals surface area (Å²) in [5, 5.41) is 19.9. The zero-order valence-electron chi connectivity index (χ0n) is 18.2. The average molecular weight is 448 g/mol. The van der Waals surface area contributed by atoms with E-state index in [1.165, 1.54) is 17.6 Å². The number of aromatic hydroxyl groups is 1. The van der Waals surface area contributed by atoms with Gasteiger partial charge in [0.2, 0.25) is 0 Å². The van der Waals surface area contributed by atoms with Crippen LogP contribution in [0.5, 0.6) is 5.75 Å². The number of hydrazone groups is 1. The van der Waals surface area contributed by atoms with Crippen molar-refractivity contribution in [3.05, 3.63) is 70.7 Å². The molecule has 0 spiro atoms. The van der Waals surface area contributed by atoms with Crippen LogP contribution in [0.1, 0.15) is 34.8 Å². The van der Waals surface area contributed by atoms with Crippen LogP contribution in [0, 0.1) is 6.92 Å². The van der Waals surface area contributed by atoms with E-state index < -0.39 is 0 Å². The van der Waals surface area contributed by atoms with Gasteiger partial charge >= 0.3 is 0 Å². The highest BCUT2D eigenvalue weighted by Gasteiger charge is 2.17. The molecule has 8 heteroatoms. The maximum Gasteiger partial charge on any atom is 0.281 e. The van der Waals surface area contributed by atoms with Crippen molar-refractivity contribution in [1.29, 1.82) is 0 Å². The first-order valence-corrected chi connectivity index (χ1v) is 11.3. The molecule has 0 bridgehead atoms. The fourth-order valence-corrected chi connectivity index (χ4v) is 4.62. The number of rotatable bonds is 7. The number of fused-ring (bicyclic) bond motifs is 1. The lowest BCUT2D eigenvalue weighted by molar-refractivity contribution is 0.0959. The molecule has 164 valence electrons. The first kappa shape index (κ1) is 21.6. The van der Waals surface area contributed by atoms with Gasteiger partial charge in [-0.15, -0.1) is 11.3 Å². The van der Waals surface area contributed by atoms with Crippen molar-refractivity contribution in [1.82, 2.24) is 15.2 Å². The Balaban J connectivity index is 1.51. The summed E-state index contributed by atoms with van der Waals surface area (Å²) >= 11 is 1.37. The number of phenolic OH excluding ortho intramolecular Hbond substituents is 1. The Labute approximate surface area is 190 Å². The monoisotopic (exact) mass is 447 g/mol. The predicted molar refractivity (Wildman–Crippen MR) is 130 cm³/mol. The highest BCUT2D eigenvalue weighted by molar-refractivity contribution is 7.20. The minimum Gasteiger partial charge on any atom is -0.507 e. The number of hydrogen-bond acceptors (Lipinski definition) is 6. The first-order valence-electron chi connectivity index (χ1n) is 10.5. The summed E-state index contributed by atoms with van der Waals surface area (Å²) in [6.07, 6.45) is 1.45. The number of carbonyl (C=O) groups is 1. The minimum atomic E-state index is -0.305. The minimum absolute atomic E-state index is 0.118. The van der Waals surface area contributed by atoms with Gasteiger partial charge in [-0.3, -0.25) is 4.79 Å². The molecular weight excluding hydrogens is 422 g/mol. The number of anilines is 1. The molecule has 0 radical (unpaired) electrons. The summed E-state index contributed by atoms with van der Waals surface area (Å²) in [7, 11) is 0.